The summed E-state index contributed by atoms with van der Waals surface area (Å²) in [6, 6.07) is 2.98. The molecule has 0 atom stereocenters. The van der Waals surface area contributed by atoms with Crippen LogP contribution in [0, 0.1) is 41.2 Å². The summed E-state index contributed by atoms with van der Waals surface area (Å²) >= 11 is 0. The van der Waals surface area contributed by atoms with Gasteiger partial charge in [0.05, 0.1) is 10.8 Å². The summed E-state index contributed by atoms with van der Waals surface area (Å²) in [5, 5.41) is 13.7. The molecule has 154 valence electrons. The molecule has 0 bridgehead atoms. The Morgan fingerprint density at radius 3 is 2.25 bits per heavy atom. The first-order valence-electron chi connectivity index (χ1n) is 9.71. The molecule has 0 aromatic heterocycles. The standard InChI is InChI=1S/C21H30N2O5/c1-13-10-17(18(23(26)27)11-14(13)2)22-19(24)12-28-20(25)15-6-8-16(9-7-15)21(3,4)5/h10-11,15-16H,6-9,12H2,1-5H3,(H,22,24). The molecule has 0 spiro atoms. The summed E-state index contributed by atoms with van der Waals surface area (Å²) in [6.45, 7) is 9.78. The Hall–Kier alpha value is -2.44. The van der Waals surface area contributed by atoms with Gasteiger partial charge in [-0.1, -0.05) is 20.8 Å². The monoisotopic (exact) mass is 390 g/mol. The van der Waals surface area contributed by atoms with E-state index in [9.17, 15) is 19.7 Å². The molecule has 1 amide bonds. The minimum atomic E-state index is -0.580. The fourth-order valence-electron chi connectivity index (χ4n) is 3.69. The Labute approximate surface area is 166 Å². The van der Waals surface area contributed by atoms with Gasteiger partial charge < -0.3 is 10.1 Å². The minimum Gasteiger partial charge on any atom is -0.455 e. The van der Waals surface area contributed by atoms with E-state index in [-0.39, 0.29) is 28.7 Å². The first kappa shape index (κ1) is 21.9. The van der Waals surface area contributed by atoms with Crippen molar-refractivity contribution in [1.29, 1.82) is 0 Å². The van der Waals surface area contributed by atoms with E-state index in [1.807, 2.05) is 6.92 Å². The third-order valence-corrected chi connectivity index (χ3v) is 5.71. The van der Waals surface area contributed by atoms with Crippen molar-refractivity contribution in [3.63, 3.8) is 0 Å². The highest BCUT2D eigenvalue weighted by Crippen LogP contribution is 2.40. The van der Waals surface area contributed by atoms with Crippen molar-refractivity contribution >= 4 is 23.3 Å². The van der Waals surface area contributed by atoms with Crippen molar-refractivity contribution in [1.82, 2.24) is 0 Å². The third-order valence-electron chi connectivity index (χ3n) is 5.71. The number of rotatable bonds is 5. The van der Waals surface area contributed by atoms with Gasteiger partial charge in [-0.2, -0.15) is 0 Å². The zero-order valence-corrected chi connectivity index (χ0v) is 17.3. The number of anilines is 1. The van der Waals surface area contributed by atoms with Gasteiger partial charge in [0, 0.05) is 6.07 Å². The van der Waals surface area contributed by atoms with E-state index in [2.05, 4.69) is 26.1 Å². The van der Waals surface area contributed by atoms with Crippen molar-refractivity contribution in [3.05, 3.63) is 33.4 Å². The predicted octanol–water partition coefficient (Wildman–Crippen LogP) is 4.55. The van der Waals surface area contributed by atoms with Gasteiger partial charge in [0.25, 0.3) is 11.6 Å². The molecule has 1 aromatic rings. The van der Waals surface area contributed by atoms with E-state index in [4.69, 9.17) is 4.74 Å². The lowest BCUT2D eigenvalue weighted by Gasteiger charge is -2.36. The van der Waals surface area contributed by atoms with E-state index in [0.717, 1.165) is 36.8 Å². The molecule has 0 saturated heterocycles. The molecule has 1 N–H and O–H groups in total. The van der Waals surface area contributed by atoms with Gasteiger partial charge >= 0.3 is 5.97 Å². The number of carbonyl (C=O) groups excluding carboxylic acids is 2. The van der Waals surface area contributed by atoms with E-state index in [1.165, 1.54) is 6.07 Å². The van der Waals surface area contributed by atoms with Gasteiger partial charge in [-0.3, -0.25) is 19.7 Å². The average molecular weight is 390 g/mol. The number of nitro groups is 1. The molecule has 1 saturated carbocycles. The summed E-state index contributed by atoms with van der Waals surface area (Å²) in [5.74, 6) is -0.535. The fraction of sp³-hybridized carbons (Fsp3) is 0.619. The van der Waals surface area contributed by atoms with Crippen molar-refractivity contribution in [2.24, 2.45) is 17.3 Å². The summed E-state index contributed by atoms with van der Waals surface area (Å²) in [5.41, 5.74) is 1.76. The molecule has 0 unspecified atom stereocenters. The summed E-state index contributed by atoms with van der Waals surface area (Å²) in [6.07, 6.45) is 3.49. The molecule has 0 heterocycles. The number of esters is 1. The maximum absolute atomic E-state index is 12.3. The second-order valence-electron chi connectivity index (χ2n) is 8.78. The van der Waals surface area contributed by atoms with Crippen LogP contribution in [0.25, 0.3) is 0 Å². The molecule has 2 rings (SSSR count). The predicted molar refractivity (Wildman–Crippen MR) is 107 cm³/mol. The number of nitrogens with one attached hydrogen (secondary N) is 1. The van der Waals surface area contributed by atoms with E-state index < -0.39 is 17.4 Å². The SMILES string of the molecule is Cc1cc(NC(=O)COC(=O)C2CCC(C(C)(C)C)CC2)c([N+](=O)[O-])cc1C. The number of nitro benzene ring substituents is 1. The zero-order chi connectivity index (χ0) is 21.1. The number of amides is 1. The van der Waals surface area contributed by atoms with Gasteiger partial charge in [0.1, 0.15) is 5.69 Å². The molecule has 0 aliphatic heterocycles. The highest BCUT2D eigenvalue weighted by atomic mass is 16.6. The smallest absolute Gasteiger partial charge is 0.309 e. The Balaban J connectivity index is 1.89. The Morgan fingerprint density at radius 2 is 1.71 bits per heavy atom. The molecule has 1 aromatic carbocycles. The number of nitrogens with zero attached hydrogens (tertiary/aromatic N) is 1. The maximum atomic E-state index is 12.3. The molecule has 7 heteroatoms. The first-order valence-corrected chi connectivity index (χ1v) is 9.71. The van der Waals surface area contributed by atoms with Crippen LogP contribution in [0.1, 0.15) is 57.6 Å². The van der Waals surface area contributed by atoms with Crippen molar-refractivity contribution in [2.75, 3.05) is 11.9 Å². The van der Waals surface area contributed by atoms with Crippen LogP contribution in [0.2, 0.25) is 0 Å². The number of carbonyl (C=O) groups is 2. The van der Waals surface area contributed by atoms with Crippen molar-refractivity contribution in [3.8, 4) is 0 Å². The second-order valence-corrected chi connectivity index (χ2v) is 8.78. The quantitative estimate of drug-likeness (QED) is 0.452. The molecule has 1 aliphatic carbocycles. The lowest BCUT2D eigenvalue weighted by molar-refractivity contribution is -0.384. The molecule has 0 radical (unpaired) electrons. The second kappa shape index (κ2) is 8.71. The minimum absolute atomic E-state index is 0.111. The Kier molecular flexibility index (Phi) is 6.80. The van der Waals surface area contributed by atoms with Crippen molar-refractivity contribution in [2.45, 2.75) is 60.3 Å². The van der Waals surface area contributed by atoms with Crippen LogP contribution in [-0.2, 0) is 14.3 Å². The molecular formula is C21H30N2O5. The molecule has 7 nitrogen and oxygen atoms in total. The lowest BCUT2D eigenvalue weighted by atomic mass is 9.70. The van der Waals surface area contributed by atoms with Gasteiger partial charge in [-0.05, 0) is 68.1 Å². The Morgan fingerprint density at radius 1 is 1.14 bits per heavy atom. The molecular weight excluding hydrogens is 360 g/mol. The van der Waals surface area contributed by atoms with Crippen LogP contribution >= 0.6 is 0 Å². The summed E-state index contributed by atoms with van der Waals surface area (Å²) in [7, 11) is 0. The van der Waals surface area contributed by atoms with Crippen LogP contribution in [0.4, 0.5) is 11.4 Å². The van der Waals surface area contributed by atoms with Crippen molar-refractivity contribution < 1.29 is 19.2 Å². The van der Waals surface area contributed by atoms with Crippen LogP contribution in [-0.4, -0.2) is 23.4 Å². The summed E-state index contributed by atoms with van der Waals surface area (Å²) in [4.78, 5) is 35.1. The molecule has 28 heavy (non-hydrogen) atoms. The third kappa shape index (κ3) is 5.53. The van der Waals surface area contributed by atoms with Gasteiger partial charge in [0.15, 0.2) is 6.61 Å². The normalized spacial score (nSPS) is 19.8. The summed E-state index contributed by atoms with van der Waals surface area (Å²) < 4.78 is 5.17. The zero-order valence-electron chi connectivity index (χ0n) is 17.3. The molecule has 1 fully saturated rings. The van der Waals surface area contributed by atoms with Gasteiger partial charge in [0.2, 0.25) is 0 Å². The van der Waals surface area contributed by atoms with Crippen LogP contribution in [0.3, 0.4) is 0 Å². The van der Waals surface area contributed by atoms with Crippen LogP contribution < -0.4 is 5.32 Å². The number of hydrogen-bond donors (Lipinski definition) is 1. The lowest BCUT2D eigenvalue weighted by Crippen LogP contribution is -2.31. The first-order chi connectivity index (χ1) is 13.0. The van der Waals surface area contributed by atoms with Gasteiger partial charge in [-0.25, -0.2) is 0 Å². The number of hydrogen-bond acceptors (Lipinski definition) is 5. The highest BCUT2D eigenvalue weighted by Gasteiger charge is 2.33. The van der Waals surface area contributed by atoms with Gasteiger partial charge in [-0.15, -0.1) is 0 Å². The largest absolute Gasteiger partial charge is 0.455 e. The topological polar surface area (TPSA) is 98.5 Å². The highest BCUT2D eigenvalue weighted by molar-refractivity contribution is 5.95. The van der Waals surface area contributed by atoms with Crippen LogP contribution in [0.5, 0.6) is 0 Å². The molecule has 1 aliphatic rings. The van der Waals surface area contributed by atoms with E-state index >= 15 is 0 Å². The van der Waals surface area contributed by atoms with E-state index in [0.29, 0.717) is 5.92 Å². The fourth-order valence-corrected chi connectivity index (χ4v) is 3.69. The number of ether oxygens (including phenoxy) is 1. The number of aryl methyl sites for hydroxylation is 2. The Bertz CT molecular complexity index is 759. The average Bonchev–Trinajstić information content (AvgIpc) is 2.61. The number of benzene rings is 1. The maximum Gasteiger partial charge on any atom is 0.309 e. The van der Waals surface area contributed by atoms with E-state index in [1.54, 1.807) is 13.0 Å². The van der Waals surface area contributed by atoms with Crippen LogP contribution in [0.15, 0.2) is 12.1 Å².